The quantitative estimate of drug-likeness (QED) is 0.432. The van der Waals surface area contributed by atoms with Gasteiger partial charge in [-0.2, -0.15) is 5.26 Å². The Labute approximate surface area is 204 Å². The molecular formula is C25H19ClFN5O3. The molecule has 1 amide bonds. The molecule has 0 saturated carbocycles. The molecule has 35 heavy (non-hydrogen) atoms. The second-order valence-corrected chi connectivity index (χ2v) is 8.57. The summed E-state index contributed by atoms with van der Waals surface area (Å²) in [5.74, 6) is -0.372. The van der Waals surface area contributed by atoms with Crippen molar-refractivity contribution in [2.45, 2.75) is 6.54 Å². The Morgan fingerprint density at radius 3 is 2.66 bits per heavy atom. The van der Waals surface area contributed by atoms with Crippen LogP contribution in [0, 0.1) is 17.1 Å². The second kappa shape index (κ2) is 9.24. The van der Waals surface area contributed by atoms with Crippen LogP contribution in [0.1, 0.15) is 21.7 Å². The van der Waals surface area contributed by atoms with Crippen LogP contribution in [0.4, 0.5) is 10.1 Å². The van der Waals surface area contributed by atoms with Crippen molar-refractivity contribution < 1.29 is 13.6 Å². The zero-order valence-electron chi connectivity index (χ0n) is 18.4. The Hall–Kier alpha value is -4.16. The largest absolute Gasteiger partial charge is 0.459 e. The van der Waals surface area contributed by atoms with E-state index in [1.165, 1.54) is 29.2 Å². The summed E-state index contributed by atoms with van der Waals surface area (Å²) < 4.78 is 20.3. The first-order valence-electron chi connectivity index (χ1n) is 10.9. The van der Waals surface area contributed by atoms with E-state index in [1.807, 2.05) is 4.90 Å². The van der Waals surface area contributed by atoms with E-state index in [9.17, 15) is 19.2 Å². The normalized spacial score (nSPS) is 13.7. The number of fused-ring (bicyclic) bond motifs is 1. The summed E-state index contributed by atoms with van der Waals surface area (Å²) >= 11 is 6.26. The maximum Gasteiger partial charge on any atom is 0.289 e. The number of aromatic nitrogens is 2. The van der Waals surface area contributed by atoms with Crippen molar-refractivity contribution in [3.8, 4) is 6.07 Å². The maximum absolute atomic E-state index is 13.8. The SMILES string of the molecule is N#Cc1c(N2CCN(C(=O)c3ccco3)CC2)c2cc(Cl)cnc2n(Cc2cccc(F)c2)c1=O. The minimum Gasteiger partial charge on any atom is -0.459 e. The van der Waals surface area contributed by atoms with Crippen LogP contribution in [0.25, 0.3) is 11.0 Å². The number of piperazine rings is 1. The van der Waals surface area contributed by atoms with E-state index in [0.717, 1.165) is 0 Å². The van der Waals surface area contributed by atoms with Gasteiger partial charge >= 0.3 is 0 Å². The van der Waals surface area contributed by atoms with Crippen LogP contribution >= 0.6 is 11.6 Å². The van der Waals surface area contributed by atoms with E-state index in [2.05, 4.69) is 11.1 Å². The predicted octanol–water partition coefficient (Wildman–Crippen LogP) is 3.66. The molecule has 0 bridgehead atoms. The van der Waals surface area contributed by atoms with E-state index in [-0.39, 0.29) is 23.8 Å². The lowest BCUT2D eigenvalue weighted by atomic mass is 10.1. The van der Waals surface area contributed by atoms with Crippen molar-refractivity contribution in [1.29, 1.82) is 5.26 Å². The Morgan fingerprint density at radius 1 is 1.17 bits per heavy atom. The molecule has 1 aromatic carbocycles. The zero-order valence-corrected chi connectivity index (χ0v) is 19.2. The van der Waals surface area contributed by atoms with Crippen LogP contribution < -0.4 is 10.5 Å². The predicted molar refractivity (Wildman–Crippen MR) is 128 cm³/mol. The van der Waals surface area contributed by atoms with E-state index >= 15 is 0 Å². The van der Waals surface area contributed by atoms with Crippen LogP contribution in [0.3, 0.4) is 0 Å². The van der Waals surface area contributed by atoms with Crippen molar-refractivity contribution in [1.82, 2.24) is 14.5 Å². The number of furan rings is 1. The molecule has 1 saturated heterocycles. The Morgan fingerprint density at radius 2 is 1.97 bits per heavy atom. The molecule has 3 aromatic heterocycles. The van der Waals surface area contributed by atoms with E-state index < -0.39 is 11.4 Å². The van der Waals surface area contributed by atoms with E-state index in [1.54, 1.807) is 35.2 Å². The minimum absolute atomic E-state index is 0.0438. The summed E-state index contributed by atoms with van der Waals surface area (Å²) in [6.45, 7) is 1.60. The van der Waals surface area contributed by atoms with Gasteiger partial charge in [-0.25, -0.2) is 9.37 Å². The molecule has 0 spiro atoms. The number of halogens is 2. The molecule has 0 radical (unpaired) electrons. The summed E-state index contributed by atoms with van der Waals surface area (Å²) in [7, 11) is 0. The monoisotopic (exact) mass is 491 g/mol. The van der Waals surface area contributed by atoms with E-state index in [4.69, 9.17) is 16.0 Å². The summed E-state index contributed by atoms with van der Waals surface area (Å²) in [5.41, 5.74) is 0.758. The minimum atomic E-state index is -0.525. The van der Waals surface area contributed by atoms with Gasteiger partial charge in [0, 0.05) is 37.8 Å². The first-order valence-corrected chi connectivity index (χ1v) is 11.3. The standard InChI is InChI=1S/C25H19ClFN5O3/c26-17-12-19-22(30-6-8-31(9-7-30)25(34)21-5-2-10-35-21)20(13-28)24(33)32(23(19)29-14-17)15-16-3-1-4-18(27)11-16/h1-5,10-12,14H,6-9,15H2. The van der Waals surface area contributed by atoms with Gasteiger partial charge < -0.3 is 14.2 Å². The lowest BCUT2D eigenvalue weighted by Gasteiger charge is -2.36. The number of carbonyl (C=O) groups is 1. The molecule has 0 atom stereocenters. The van der Waals surface area contributed by atoms with Gasteiger partial charge in [0.25, 0.3) is 11.5 Å². The molecule has 0 unspecified atom stereocenters. The molecule has 0 N–H and O–H groups in total. The summed E-state index contributed by atoms with van der Waals surface area (Å²) in [4.78, 5) is 34.0. The van der Waals surface area contributed by atoms with Crippen LogP contribution in [0.2, 0.25) is 5.02 Å². The van der Waals surface area contributed by atoms with Crippen molar-refractivity contribution in [2.24, 2.45) is 0 Å². The Bertz CT molecular complexity index is 1520. The van der Waals surface area contributed by atoms with Gasteiger partial charge in [-0.1, -0.05) is 23.7 Å². The Balaban J connectivity index is 1.55. The van der Waals surface area contributed by atoms with Gasteiger partial charge in [0.15, 0.2) is 5.76 Å². The number of anilines is 1. The third kappa shape index (κ3) is 4.24. The lowest BCUT2D eigenvalue weighted by molar-refractivity contribution is 0.0715. The molecule has 1 fully saturated rings. The molecule has 176 valence electrons. The van der Waals surface area contributed by atoms with Crippen LogP contribution in [0.15, 0.2) is 64.1 Å². The highest BCUT2D eigenvalue weighted by atomic mass is 35.5. The van der Waals surface area contributed by atoms with Gasteiger partial charge in [-0.05, 0) is 35.9 Å². The second-order valence-electron chi connectivity index (χ2n) is 8.14. The molecule has 4 aromatic rings. The van der Waals surface area contributed by atoms with Gasteiger partial charge in [-0.3, -0.25) is 14.2 Å². The zero-order chi connectivity index (χ0) is 24.5. The fourth-order valence-corrected chi connectivity index (χ4v) is 4.53. The molecule has 0 aliphatic carbocycles. The molecule has 1 aliphatic heterocycles. The topological polar surface area (TPSA) is 95.4 Å². The molecular weight excluding hydrogens is 473 g/mol. The molecule has 10 heteroatoms. The van der Waals surface area contributed by atoms with Crippen LogP contribution in [-0.2, 0) is 6.54 Å². The van der Waals surface area contributed by atoms with Crippen molar-refractivity contribution in [3.63, 3.8) is 0 Å². The third-order valence-electron chi connectivity index (χ3n) is 6.00. The highest BCUT2D eigenvalue weighted by Gasteiger charge is 2.28. The third-order valence-corrected chi connectivity index (χ3v) is 6.20. The number of rotatable bonds is 4. The number of benzene rings is 1. The summed E-state index contributed by atoms with van der Waals surface area (Å²) in [6, 6.07) is 12.9. The molecule has 1 aliphatic rings. The molecule has 8 nitrogen and oxygen atoms in total. The van der Waals surface area contributed by atoms with E-state index in [0.29, 0.717) is 53.5 Å². The van der Waals surface area contributed by atoms with Gasteiger partial charge in [0.1, 0.15) is 23.1 Å². The lowest BCUT2D eigenvalue weighted by Crippen LogP contribution is -2.49. The average Bonchev–Trinajstić information content (AvgIpc) is 3.40. The van der Waals surface area contributed by atoms with Crippen LogP contribution in [-0.4, -0.2) is 46.5 Å². The fraction of sp³-hybridized carbons (Fsp3) is 0.200. The van der Waals surface area contributed by atoms with Crippen LogP contribution in [0.5, 0.6) is 0 Å². The molecule has 4 heterocycles. The summed E-state index contributed by atoms with van der Waals surface area (Å²) in [5, 5.41) is 10.9. The van der Waals surface area contributed by atoms with Gasteiger partial charge in [0.2, 0.25) is 0 Å². The fourth-order valence-electron chi connectivity index (χ4n) is 4.37. The first kappa shape index (κ1) is 22.6. The number of hydrogen-bond donors (Lipinski definition) is 0. The molecule has 5 rings (SSSR count). The summed E-state index contributed by atoms with van der Waals surface area (Å²) in [6.07, 6.45) is 2.88. The highest BCUT2D eigenvalue weighted by molar-refractivity contribution is 6.31. The number of amides is 1. The average molecular weight is 492 g/mol. The smallest absolute Gasteiger partial charge is 0.289 e. The van der Waals surface area contributed by atoms with Gasteiger partial charge in [0.05, 0.1) is 23.5 Å². The Kier molecular flexibility index (Phi) is 5.97. The van der Waals surface area contributed by atoms with Crippen molar-refractivity contribution in [3.05, 3.63) is 93.0 Å². The number of hydrogen-bond acceptors (Lipinski definition) is 6. The number of carbonyl (C=O) groups excluding carboxylic acids is 1. The van der Waals surface area contributed by atoms with Gasteiger partial charge in [-0.15, -0.1) is 0 Å². The number of nitriles is 1. The number of pyridine rings is 2. The number of nitrogens with zero attached hydrogens (tertiary/aromatic N) is 5. The highest BCUT2D eigenvalue weighted by Crippen LogP contribution is 2.31. The first-order chi connectivity index (χ1) is 17.0. The maximum atomic E-state index is 13.8. The van der Waals surface area contributed by atoms with Crippen molar-refractivity contribution >= 4 is 34.2 Å². The van der Waals surface area contributed by atoms with Crippen molar-refractivity contribution in [2.75, 3.05) is 31.1 Å².